The SMILES string of the molecule is CC(=O)NCCC[C@@](O)(c1cc(CN)ccc1F)[C@@H]1CCCNC1. The number of amides is 1. The molecule has 1 saturated heterocycles. The van der Waals surface area contributed by atoms with E-state index in [0.29, 0.717) is 38.0 Å². The fraction of sp³-hybridized carbons (Fsp3) is 0.611. The number of rotatable bonds is 7. The van der Waals surface area contributed by atoms with Crippen LogP contribution in [-0.4, -0.2) is 30.6 Å². The highest BCUT2D eigenvalue weighted by atomic mass is 19.1. The predicted molar refractivity (Wildman–Crippen MR) is 91.7 cm³/mol. The van der Waals surface area contributed by atoms with Crippen LogP contribution in [0.5, 0.6) is 0 Å². The van der Waals surface area contributed by atoms with Gasteiger partial charge in [-0.25, -0.2) is 4.39 Å². The van der Waals surface area contributed by atoms with Crippen molar-refractivity contribution in [2.24, 2.45) is 11.7 Å². The van der Waals surface area contributed by atoms with Gasteiger partial charge in [-0.15, -0.1) is 0 Å². The van der Waals surface area contributed by atoms with Crippen molar-refractivity contribution in [1.29, 1.82) is 0 Å². The molecule has 0 saturated carbocycles. The Labute approximate surface area is 142 Å². The van der Waals surface area contributed by atoms with Gasteiger partial charge in [0.25, 0.3) is 0 Å². The number of piperidine rings is 1. The summed E-state index contributed by atoms with van der Waals surface area (Å²) < 4.78 is 14.5. The van der Waals surface area contributed by atoms with Crippen LogP contribution >= 0.6 is 0 Å². The molecule has 1 aliphatic heterocycles. The van der Waals surface area contributed by atoms with Gasteiger partial charge in [-0.05, 0) is 49.9 Å². The van der Waals surface area contributed by atoms with Crippen molar-refractivity contribution in [3.05, 3.63) is 35.1 Å². The van der Waals surface area contributed by atoms with E-state index in [2.05, 4.69) is 10.6 Å². The highest BCUT2D eigenvalue weighted by molar-refractivity contribution is 5.72. The summed E-state index contributed by atoms with van der Waals surface area (Å²) in [6.45, 7) is 3.81. The van der Waals surface area contributed by atoms with Crippen molar-refractivity contribution >= 4 is 5.91 Å². The second kappa shape index (κ2) is 8.55. The average molecular weight is 337 g/mol. The lowest BCUT2D eigenvalue weighted by molar-refractivity contribution is -0.119. The van der Waals surface area contributed by atoms with Gasteiger partial charge in [0.2, 0.25) is 5.91 Å². The van der Waals surface area contributed by atoms with Crippen LogP contribution < -0.4 is 16.4 Å². The Bertz CT molecular complexity index is 561. The van der Waals surface area contributed by atoms with Crippen molar-refractivity contribution in [2.75, 3.05) is 19.6 Å². The molecule has 0 aromatic heterocycles. The number of aliphatic hydroxyl groups is 1. The zero-order valence-electron chi connectivity index (χ0n) is 14.3. The van der Waals surface area contributed by atoms with Crippen LogP contribution in [0, 0.1) is 11.7 Å². The van der Waals surface area contributed by atoms with Gasteiger partial charge in [0.05, 0.1) is 5.60 Å². The first kappa shape index (κ1) is 18.8. The quantitative estimate of drug-likeness (QED) is 0.566. The normalized spacial score (nSPS) is 20.4. The minimum atomic E-state index is -1.26. The molecule has 1 fully saturated rings. The van der Waals surface area contributed by atoms with Crippen LogP contribution in [-0.2, 0) is 16.9 Å². The van der Waals surface area contributed by atoms with Crippen LogP contribution in [0.3, 0.4) is 0 Å². The molecule has 0 unspecified atom stereocenters. The molecule has 2 atom stereocenters. The number of nitrogens with one attached hydrogen (secondary N) is 2. The molecule has 6 heteroatoms. The van der Waals surface area contributed by atoms with Crippen molar-refractivity contribution in [1.82, 2.24) is 10.6 Å². The van der Waals surface area contributed by atoms with E-state index in [1.165, 1.54) is 13.0 Å². The minimum absolute atomic E-state index is 0.0638. The fourth-order valence-corrected chi connectivity index (χ4v) is 3.47. The van der Waals surface area contributed by atoms with E-state index in [1.54, 1.807) is 12.1 Å². The zero-order valence-corrected chi connectivity index (χ0v) is 14.3. The molecule has 134 valence electrons. The summed E-state index contributed by atoms with van der Waals surface area (Å²) in [6, 6.07) is 4.71. The van der Waals surface area contributed by atoms with Gasteiger partial charge >= 0.3 is 0 Å². The van der Waals surface area contributed by atoms with Crippen LogP contribution in [0.4, 0.5) is 4.39 Å². The number of carbonyl (C=O) groups is 1. The Kier molecular flexibility index (Phi) is 6.71. The summed E-state index contributed by atoms with van der Waals surface area (Å²) in [4.78, 5) is 11.0. The summed E-state index contributed by atoms with van der Waals surface area (Å²) in [7, 11) is 0. The Hall–Kier alpha value is -1.50. The smallest absolute Gasteiger partial charge is 0.216 e. The van der Waals surface area contributed by atoms with Gasteiger partial charge in [-0.1, -0.05) is 6.07 Å². The topological polar surface area (TPSA) is 87.4 Å². The van der Waals surface area contributed by atoms with Gasteiger partial charge in [-0.2, -0.15) is 0 Å². The highest BCUT2D eigenvalue weighted by Gasteiger charge is 2.40. The maximum Gasteiger partial charge on any atom is 0.216 e. The lowest BCUT2D eigenvalue weighted by Gasteiger charge is -2.39. The van der Waals surface area contributed by atoms with E-state index >= 15 is 0 Å². The lowest BCUT2D eigenvalue weighted by atomic mass is 9.74. The number of hydrogen-bond acceptors (Lipinski definition) is 4. The Morgan fingerprint density at radius 1 is 1.54 bits per heavy atom. The molecule has 2 rings (SSSR count). The first-order valence-electron chi connectivity index (χ1n) is 8.64. The lowest BCUT2D eigenvalue weighted by Crippen LogP contribution is -2.45. The Morgan fingerprint density at radius 2 is 2.33 bits per heavy atom. The molecule has 0 bridgehead atoms. The molecule has 1 aromatic carbocycles. The predicted octanol–water partition coefficient (Wildman–Crippen LogP) is 1.39. The number of halogens is 1. The third kappa shape index (κ3) is 4.53. The van der Waals surface area contributed by atoms with Crippen LogP contribution in [0.1, 0.15) is 43.7 Å². The number of nitrogens with two attached hydrogens (primary N) is 1. The van der Waals surface area contributed by atoms with Gasteiger partial charge in [0, 0.05) is 38.0 Å². The van der Waals surface area contributed by atoms with Gasteiger partial charge in [0.1, 0.15) is 5.82 Å². The van der Waals surface area contributed by atoms with E-state index in [1.807, 2.05) is 0 Å². The molecule has 5 N–H and O–H groups in total. The number of benzene rings is 1. The summed E-state index contributed by atoms with van der Waals surface area (Å²) in [5.41, 5.74) is 5.54. The van der Waals surface area contributed by atoms with Crippen molar-refractivity contribution in [3.8, 4) is 0 Å². The molecular formula is C18H28FN3O2. The van der Waals surface area contributed by atoms with Crippen molar-refractivity contribution in [3.63, 3.8) is 0 Å². The average Bonchev–Trinajstić information content (AvgIpc) is 2.59. The summed E-state index contributed by atoms with van der Waals surface area (Å²) >= 11 is 0. The van der Waals surface area contributed by atoms with Gasteiger partial charge in [-0.3, -0.25) is 4.79 Å². The molecule has 1 aliphatic rings. The molecule has 0 spiro atoms. The van der Waals surface area contributed by atoms with E-state index in [-0.39, 0.29) is 11.8 Å². The maximum atomic E-state index is 14.5. The molecule has 1 heterocycles. The van der Waals surface area contributed by atoms with Crippen molar-refractivity contribution < 1.29 is 14.3 Å². The van der Waals surface area contributed by atoms with E-state index in [4.69, 9.17) is 5.73 Å². The van der Waals surface area contributed by atoms with Crippen LogP contribution in [0.2, 0.25) is 0 Å². The summed E-state index contributed by atoms with van der Waals surface area (Å²) in [5, 5.41) is 17.5. The minimum Gasteiger partial charge on any atom is -0.385 e. The fourth-order valence-electron chi connectivity index (χ4n) is 3.47. The van der Waals surface area contributed by atoms with Gasteiger partial charge in [0.15, 0.2) is 0 Å². The number of hydrogen-bond donors (Lipinski definition) is 4. The third-order valence-electron chi connectivity index (χ3n) is 4.81. The standard InChI is InChI=1S/C18H28FN3O2/c1-13(23)22-9-3-7-18(24,15-4-2-8-21-12-15)16-10-14(11-20)5-6-17(16)19/h5-6,10,15,21,24H,2-4,7-9,11-12,20H2,1H3,(H,22,23)/t15-,18+/m1/s1. The number of carbonyl (C=O) groups excluding carboxylic acids is 1. The molecule has 24 heavy (non-hydrogen) atoms. The molecular weight excluding hydrogens is 309 g/mol. The molecule has 0 radical (unpaired) electrons. The largest absolute Gasteiger partial charge is 0.385 e. The first-order chi connectivity index (χ1) is 11.5. The van der Waals surface area contributed by atoms with Crippen LogP contribution in [0.25, 0.3) is 0 Å². The maximum absolute atomic E-state index is 14.5. The second-order valence-electron chi connectivity index (χ2n) is 6.57. The van der Waals surface area contributed by atoms with Crippen LogP contribution in [0.15, 0.2) is 18.2 Å². The van der Waals surface area contributed by atoms with Crippen molar-refractivity contribution in [2.45, 2.75) is 44.8 Å². The molecule has 0 aliphatic carbocycles. The molecule has 1 aromatic rings. The van der Waals surface area contributed by atoms with E-state index in [9.17, 15) is 14.3 Å². The monoisotopic (exact) mass is 337 g/mol. The Morgan fingerprint density at radius 3 is 2.96 bits per heavy atom. The highest BCUT2D eigenvalue weighted by Crippen LogP contribution is 2.39. The van der Waals surface area contributed by atoms with E-state index < -0.39 is 11.4 Å². The summed E-state index contributed by atoms with van der Waals surface area (Å²) in [5.74, 6) is -0.569. The zero-order chi connectivity index (χ0) is 17.6. The first-order valence-corrected chi connectivity index (χ1v) is 8.64. The molecule has 1 amide bonds. The second-order valence-corrected chi connectivity index (χ2v) is 6.57. The Balaban J connectivity index is 2.25. The van der Waals surface area contributed by atoms with Gasteiger partial charge < -0.3 is 21.5 Å². The molecule has 5 nitrogen and oxygen atoms in total. The third-order valence-corrected chi connectivity index (χ3v) is 4.81. The van der Waals surface area contributed by atoms with E-state index in [0.717, 1.165) is 24.9 Å². The summed E-state index contributed by atoms with van der Waals surface area (Å²) in [6.07, 6.45) is 2.77.